The zero-order chi connectivity index (χ0) is 16.8. The van der Waals surface area contributed by atoms with E-state index in [1.54, 1.807) is 7.11 Å². The van der Waals surface area contributed by atoms with Crippen molar-refractivity contribution >= 4 is 5.91 Å². The van der Waals surface area contributed by atoms with E-state index in [9.17, 15) is 4.79 Å². The first-order valence-corrected chi connectivity index (χ1v) is 8.03. The van der Waals surface area contributed by atoms with Crippen molar-refractivity contribution in [1.29, 1.82) is 0 Å². The highest BCUT2D eigenvalue weighted by Crippen LogP contribution is 2.30. The van der Waals surface area contributed by atoms with Gasteiger partial charge in [-0.3, -0.25) is 4.79 Å². The topological polar surface area (TPSA) is 56.8 Å². The Balaban J connectivity index is 1.55. The molecule has 0 saturated heterocycles. The SMILES string of the molecule is COc1ccc(CNC(=O)Cc2ccc3c(c2)OCCCO3)cc1. The van der Waals surface area contributed by atoms with Crippen molar-refractivity contribution in [2.75, 3.05) is 20.3 Å². The summed E-state index contributed by atoms with van der Waals surface area (Å²) in [6.45, 7) is 1.79. The van der Waals surface area contributed by atoms with Crippen molar-refractivity contribution in [3.8, 4) is 17.2 Å². The molecule has 0 atom stereocenters. The first-order chi connectivity index (χ1) is 11.7. The molecule has 1 amide bonds. The smallest absolute Gasteiger partial charge is 0.224 e. The van der Waals surface area contributed by atoms with Gasteiger partial charge in [0.05, 0.1) is 26.7 Å². The third kappa shape index (κ3) is 4.19. The zero-order valence-corrected chi connectivity index (χ0v) is 13.7. The fraction of sp³-hybridized carbons (Fsp3) is 0.316. The van der Waals surface area contributed by atoms with Crippen molar-refractivity contribution in [1.82, 2.24) is 5.32 Å². The van der Waals surface area contributed by atoms with Crippen LogP contribution in [-0.4, -0.2) is 26.2 Å². The van der Waals surface area contributed by atoms with Crippen molar-refractivity contribution in [2.45, 2.75) is 19.4 Å². The highest BCUT2D eigenvalue weighted by atomic mass is 16.5. The van der Waals surface area contributed by atoms with Crippen LogP contribution in [0.5, 0.6) is 17.2 Å². The average molecular weight is 327 g/mol. The van der Waals surface area contributed by atoms with Gasteiger partial charge < -0.3 is 19.5 Å². The summed E-state index contributed by atoms with van der Waals surface area (Å²) in [6, 6.07) is 13.3. The lowest BCUT2D eigenvalue weighted by atomic mass is 10.1. The highest BCUT2D eigenvalue weighted by molar-refractivity contribution is 5.78. The van der Waals surface area contributed by atoms with Crippen molar-refractivity contribution < 1.29 is 19.0 Å². The van der Waals surface area contributed by atoms with E-state index in [-0.39, 0.29) is 5.91 Å². The number of carbonyl (C=O) groups is 1. The standard InChI is InChI=1S/C19H21NO4/c1-22-16-6-3-14(4-7-16)13-20-19(21)12-15-5-8-17-18(11-15)24-10-2-9-23-17/h3-8,11H,2,9-10,12-13H2,1H3,(H,20,21). The summed E-state index contributed by atoms with van der Waals surface area (Å²) in [6.07, 6.45) is 1.18. The van der Waals surface area contributed by atoms with Gasteiger partial charge >= 0.3 is 0 Å². The quantitative estimate of drug-likeness (QED) is 0.917. The third-order valence-electron chi connectivity index (χ3n) is 3.83. The molecule has 3 rings (SSSR count). The van der Waals surface area contributed by atoms with Crippen molar-refractivity contribution in [3.63, 3.8) is 0 Å². The minimum absolute atomic E-state index is 0.0275. The molecule has 0 aromatic heterocycles. The van der Waals surface area contributed by atoms with Crippen LogP contribution in [0.4, 0.5) is 0 Å². The number of carbonyl (C=O) groups excluding carboxylic acids is 1. The molecule has 2 aromatic carbocycles. The monoisotopic (exact) mass is 327 g/mol. The van der Waals surface area contributed by atoms with E-state index in [4.69, 9.17) is 14.2 Å². The maximum Gasteiger partial charge on any atom is 0.224 e. The van der Waals surface area contributed by atoms with Crippen LogP contribution in [0.2, 0.25) is 0 Å². The molecule has 1 N–H and O–H groups in total. The predicted octanol–water partition coefficient (Wildman–Crippen LogP) is 2.72. The molecule has 1 aliphatic heterocycles. The van der Waals surface area contributed by atoms with Crippen LogP contribution in [0.1, 0.15) is 17.5 Å². The molecule has 0 radical (unpaired) electrons. The summed E-state index contributed by atoms with van der Waals surface area (Å²) >= 11 is 0. The van der Waals surface area contributed by atoms with Crippen LogP contribution in [0, 0.1) is 0 Å². The van der Waals surface area contributed by atoms with Crippen LogP contribution in [0.25, 0.3) is 0 Å². The molecule has 24 heavy (non-hydrogen) atoms. The lowest BCUT2D eigenvalue weighted by Gasteiger charge is -2.10. The maximum absolute atomic E-state index is 12.1. The lowest BCUT2D eigenvalue weighted by molar-refractivity contribution is -0.120. The van der Waals surface area contributed by atoms with E-state index < -0.39 is 0 Å². The molecule has 1 aliphatic rings. The van der Waals surface area contributed by atoms with Crippen LogP contribution < -0.4 is 19.5 Å². The molecule has 1 heterocycles. The van der Waals surface area contributed by atoms with Gasteiger partial charge in [0.25, 0.3) is 0 Å². The number of nitrogens with one attached hydrogen (secondary N) is 1. The Labute approximate surface area is 141 Å². The molecule has 5 nitrogen and oxygen atoms in total. The molecule has 0 spiro atoms. The molecule has 0 saturated carbocycles. The molecule has 2 aromatic rings. The van der Waals surface area contributed by atoms with Gasteiger partial charge in [0.1, 0.15) is 5.75 Å². The summed E-state index contributed by atoms with van der Waals surface area (Å²) in [5, 5.41) is 2.93. The largest absolute Gasteiger partial charge is 0.497 e. The minimum Gasteiger partial charge on any atom is -0.497 e. The van der Waals surface area contributed by atoms with E-state index in [1.165, 1.54) is 0 Å². The summed E-state index contributed by atoms with van der Waals surface area (Å²) < 4.78 is 16.4. The van der Waals surface area contributed by atoms with Crippen LogP contribution in [0.15, 0.2) is 42.5 Å². The second-order valence-electron chi connectivity index (χ2n) is 5.63. The third-order valence-corrected chi connectivity index (χ3v) is 3.83. The molecule has 0 fully saturated rings. The van der Waals surface area contributed by atoms with E-state index in [0.29, 0.717) is 31.9 Å². The second-order valence-corrected chi connectivity index (χ2v) is 5.63. The van der Waals surface area contributed by atoms with Gasteiger partial charge in [0.15, 0.2) is 11.5 Å². The zero-order valence-electron chi connectivity index (χ0n) is 13.7. The summed E-state index contributed by atoms with van der Waals surface area (Å²) in [5.41, 5.74) is 1.94. The molecule has 0 unspecified atom stereocenters. The number of methoxy groups -OCH3 is 1. The van der Waals surface area contributed by atoms with E-state index in [1.807, 2.05) is 42.5 Å². The highest BCUT2D eigenvalue weighted by Gasteiger charge is 2.12. The maximum atomic E-state index is 12.1. The number of rotatable bonds is 5. The normalized spacial score (nSPS) is 13.0. The van der Waals surface area contributed by atoms with E-state index in [0.717, 1.165) is 29.0 Å². The summed E-state index contributed by atoms with van der Waals surface area (Å²) in [5.74, 6) is 2.24. The summed E-state index contributed by atoms with van der Waals surface area (Å²) in [4.78, 5) is 12.1. The number of hydrogen-bond acceptors (Lipinski definition) is 4. The van der Waals surface area contributed by atoms with Gasteiger partial charge in [0, 0.05) is 13.0 Å². The Hall–Kier alpha value is -2.69. The fourth-order valence-corrected chi connectivity index (χ4v) is 2.51. The number of fused-ring (bicyclic) bond motifs is 1. The second kappa shape index (κ2) is 7.73. The van der Waals surface area contributed by atoms with Crippen LogP contribution in [0.3, 0.4) is 0 Å². The molecule has 5 heteroatoms. The van der Waals surface area contributed by atoms with Gasteiger partial charge in [-0.2, -0.15) is 0 Å². The number of hydrogen-bond donors (Lipinski definition) is 1. The Morgan fingerprint density at radius 2 is 1.75 bits per heavy atom. The Morgan fingerprint density at radius 3 is 2.50 bits per heavy atom. The van der Waals surface area contributed by atoms with Gasteiger partial charge in [-0.15, -0.1) is 0 Å². The molecule has 126 valence electrons. The Bertz CT molecular complexity index is 697. The van der Waals surface area contributed by atoms with Gasteiger partial charge in [-0.05, 0) is 35.4 Å². The lowest BCUT2D eigenvalue weighted by Crippen LogP contribution is -2.24. The molecule has 0 aliphatic carbocycles. The van der Waals surface area contributed by atoms with E-state index >= 15 is 0 Å². The number of benzene rings is 2. The fourth-order valence-electron chi connectivity index (χ4n) is 2.51. The predicted molar refractivity (Wildman–Crippen MR) is 90.6 cm³/mol. The summed E-state index contributed by atoms with van der Waals surface area (Å²) in [7, 11) is 1.63. The average Bonchev–Trinajstić information content (AvgIpc) is 2.85. The molecular formula is C19H21NO4. The van der Waals surface area contributed by atoms with E-state index in [2.05, 4.69) is 5.32 Å². The van der Waals surface area contributed by atoms with Crippen molar-refractivity contribution in [2.24, 2.45) is 0 Å². The Morgan fingerprint density at radius 1 is 1.04 bits per heavy atom. The molecular weight excluding hydrogens is 306 g/mol. The van der Waals surface area contributed by atoms with Crippen LogP contribution >= 0.6 is 0 Å². The van der Waals surface area contributed by atoms with Gasteiger partial charge in [-0.25, -0.2) is 0 Å². The number of ether oxygens (including phenoxy) is 3. The van der Waals surface area contributed by atoms with Gasteiger partial charge in [-0.1, -0.05) is 18.2 Å². The van der Waals surface area contributed by atoms with Crippen molar-refractivity contribution in [3.05, 3.63) is 53.6 Å². The Kier molecular flexibility index (Phi) is 5.21. The first kappa shape index (κ1) is 16.2. The van der Waals surface area contributed by atoms with Crippen LogP contribution in [-0.2, 0) is 17.8 Å². The van der Waals surface area contributed by atoms with Gasteiger partial charge in [0.2, 0.25) is 5.91 Å². The number of amides is 1. The first-order valence-electron chi connectivity index (χ1n) is 8.03. The minimum atomic E-state index is -0.0275. The molecule has 0 bridgehead atoms.